The number of ketones is 1. The fraction of sp³-hybridized carbons (Fsp3) is 0.588. The maximum atomic E-state index is 12.5. The SMILES string of the molecule is CN1CC[C@]23c4c5ccc(O)c4O[C@H]2C(=O)CC[C@H]3[C@H]1C5.O. The smallest absolute Gasteiger partial charge is 0.174 e. The first-order valence-electron chi connectivity index (χ1n) is 7.88. The molecule has 3 N–H and O–H groups in total. The predicted octanol–water partition coefficient (Wildman–Crippen LogP) is 0.806. The number of ether oxygens (including phenoxy) is 1. The van der Waals surface area contributed by atoms with E-state index < -0.39 is 0 Å². The summed E-state index contributed by atoms with van der Waals surface area (Å²) in [6.45, 7) is 1.00. The van der Waals surface area contributed by atoms with Crippen molar-refractivity contribution in [3.05, 3.63) is 23.3 Å². The minimum absolute atomic E-state index is 0. The fourth-order valence-electron chi connectivity index (χ4n) is 5.52. The lowest BCUT2D eigenvalue weighted by molar-refractivity contribution is -0.138. The number of phenolic OH excluding ortho intramolecular Hbond substituents is 1. The molecule has 118 valence electrons. The van der Waals surface area contributed by atoms with Gasteiger partial charge in [-0.15, -0.1) is 0 Å². The van der Waals surface area contributed by atoms with Crippen molar-refractivity contribution < 1.29 is 20.1 Å². The summed E-state index contributed by atoms with van der Waals surface area (Å²) in [6, 6.07) is 4.26. The summed E-state index contributed by atoms with van der Waals surface area (Å²) in [7, 11) is 2.20. The summed E-state index contributed by atoms with van der Waals surface area (Å²) in [5, 5.41) is 10.2. The summed E-state index contributed by atoms with van der Waals surface area (Å²) >= 11 is 0. The van der Waals surface area contributed by atoms with Gasteiger partial charge >= 0.3 is 0 Å². The average Bonchev–Trinajstić information content (AvgIpc) is 2.83. The van der Waals surface area contributed by atoms with Gasteiger partial charge in [0, 0.05) is 23.4 Å². The van der Waals surface area contributed by atoms with Gasteiger partial charge < -0.3 is 20.2 Å². The van der Waals surface area contributed by atoms with Crippen LogP contribution in [0.1, 0.15) is 30.4 Å². The lowest BCUT2D eigenvalue weighted by Crippen LogP contribution is -2.65. The second-order valence-corrected chi connectivity index (χ2v) is 7.10. The summed E-state index contributed by atoms with van der Waals surface area (Å²) in [5.41, 5.74) is 2.26. The van der Waals surface area contributed by atoms with E-state index in [0.29, 0.717) is 24.1 Å². The van der Waals surface area contributed by atoms with Crippen LogP contribution in [0.2, 0.25) is 0 Å². The maximum Gasteiger partial charge on any atom is 0.174 e. The molecule has 5 rings (SSSR count). The molecule has 1 aromatic carbocycles. The Balaban J connectivity index is 0.00000125. The molecule has 0 unspecified atom stereocenters. The van der Waals surface area contributed by atoms with Crippen molar-refractivity contribution in [1.82, 2.24) is 4.90 Å². The highest BCUT2D eigenvalue weighted by Crippen LogP contribution is 2.62. The van der Waals surface area contributed by atoms with Crippen molar-refractivity contribution >= 4 is 5.78 Å². The highest BCUT2D eigenvalue weighted by molar-refractivity contribution is 5.89. The van der Waals surface area contributed by atoms with Crippen molar-refractivity contribution in [1.29, 1.82) is 0 Å². The normalized spacial score (nSPS) is 38.0. The second kappa shape index (κ2) is 4.24. The number of carbonyl (C=O) groups excluding carboxylic acids is 1. The minimum Gasteiger partial charge on any atom is -0.504 e. The Labute approximate surface area is 129 Å². The summed E-state index contributed by atoms with van der Waals surface area (Å²) < 4.78 is 6.04. The Bertz CT molecular complexity index is 673. The quantitative estimate of drug-likeness (QED) is 0.769. The molecule has 22 heavy (non-hydrogen) atoms. The monoisotopic (exact) mass is 303 g/mol. The number of nitrogens with zero attached hydrogens (tertiary/aromatic N) is 1. The van der Waals surface area contributed by atoms with Gasteiger partial charge in [0.2, 0.25) is 0 Å². The Morgan fingerprint density at radius 3 is 3.05 bits per heavy atom. The van der Waals surface area contributed by atoms with E-state index in [0.717, 1.165) is 31.4 Å². The molecule has 0 aromatic heterocycles. The molecule has 2 bridgehead atoms. The highest BCUT2D eigenvalue weighted by atomic mass is 16.5. The molecule has 2 aliphatic carbocycles. The number of phenols is 1. The number of aromatic hydroxyl groups is 1. The van der Waals surface area contributed by atoms with Crippen molar-refractivity contribution in [2.45, 2.75) is 43.2 Å². The molecular formula is C17H21NO4. The van der Waals surface area contributed by atoms with Crippen molar-refractivity contribution in [2.24, 2.45) is 5.92 Å². The van der Waals surface area contributed by atoms with E-state index in [-0.39, 0.29) is 28.5 Å². The van der Waals surface area contributed by atoms with Gasteiger partial charge in [0.15, 0.2) is 23.4 Å². The first kappa shape index (κ1) is 14.0. The molecule has 4 aliphatic rings. The van der Waals surface area contributed by atoms with Crippen LogP contribution in [0.5, 0.6) is 11.5 Å². The molecule has 1 saturated heterocycles. The third kappa shape index (κ3) is 1.35. The maximum absolute atomic E-state index is 12.5. The lowest BCUT2D eigenvalue weighted by Gasteiger charge is -2.57. The number of carbonyl (C=O) groups is 1. The van der Waals surface area contributed by atoms with Gasteiger partial charge in [0.25, 0.3) is 0 Å². The van der Waals surface area contributed by atoms with Crippen LogP contribution >= 0.6 is 0 Å². The standard InChI is InChI=1S/C17H19NO3.H2O/c1-18-7-6-17-10-3-5-13(20)16(17)21-15-12(19)4-2-9(14(15)17)8-11(10)18;/h2,4,10-11,16,19H,3,5-8H2,1H3;1H2/t10-,11+,16-,17-;/m0./s1. The molecule has 2 heterocycles. The van der Waals surface area contributed by atoms with Crippen LogP contribution < -0.4 is 4.74 Å². The van der Waals surface area contributed by atoms with Crippen molar-refractivity contribution in [3.63, 3.8) is 0 Å². The number of likely N-dealkylation sites (tertiary alicyclic amines) is 1. The van der Waals surface area contributed by atoms with Gasteiger partial charge in [-0.1, -0.05) is 6.07 Å². The van der Waals surface area contributed by atoms with Crippen LogP contribution in [0.15, 0.2) is 12.1 Å². The van der Waals surface area contributed by atoms with Gasteiger partial charge in [-0.05, 0) is 50.4 Å². The molecule has 2 aliphatic heterocycles. The molecule has 2 fully saturated rings. The zero-order chi connectivity index (χ0) is 14.4. The molecule has 0 amide bonds. The van der Waals surface area contributed by atoms with E-state index in [2.05, 4.69) is 11.9 Å². The van der Waals surface area contributed by atoms with Crippen molar-refractivity contribution in [2.75, 3.05) is 13.6 Å². The van der Waals surface area contributed by atoms with Crippen molar-refractivity contribution in [3.8, 4) is 11.5 Å². The first-order valence-corrected chi connectivity index (χ1v) is 7.88. The van der Waals surface area contributed by atoms with E-state index in [1.807, 2.05) is 6.07 Å². The van der Waals surface area contributed by atoms with Gasteiger partial charge in [0.05, 0.1) is 0 Å². The summed E-state index contributed by atoms with van der Waals surface area (Å²) in [4.78, 5) is 14.9. The van der Waals surface area contributed by atoms with Crippen LogP contribution in [0.4, 0.5) is 0 Å². The van der Waals surface area contributed by atoms with Crippen LogP contribution in [-0.4, -0.2) is 47.0 Å². The van der Waals surface area contributed by atoms with Gasteiger partial charge in [-0.25, -0.2) is 0 Å². The molecule has 1 spiro atoms. The second-order valence-electron chi connectivity index (χ2n) is 7.10. The zero-order valence-electron chi connectivity index (χ0n) is 12.6. The minimum atomic E-state index is -0.366. The van der Waals surface area contributed by atoms with E-state index in [1.165, 1.54) is 5.56 Å². The Hall–Kier alpha value is -1.59. The number of piperidine rings is 1. The molecule has 4 atom stereocenters. The zero-order valence-corrected chi connectivity index (χ0v) is 12.6. The highest BCUT2D eigenvalue weighted by Gasteiger charge is 2.65. The summed E-state index contributed by atoms with van der Waals surface area (Å²) in [5.74, 6) is 1.50. The molecule has 5 nitrogen and oxygen atoms in total. The Morgan fingerprint density at radius 1 is 1.41 bits per heavy atom. The topological polar surface area (TPSA) is 81.3 Å². The number of benzene rings is 1. The lowest BCUT2D eigenvalue weighted by atomic mass is 9.52. The van der Waals surface area contributed by atoms with E-state index in [1.54, 1.807) is 6.07 Å². The Morgan fingerprint density at radius 2 is 2.23 bits per heavy atom. The number of rotatable bonds is 0. The molecule has 5 heteroatoms. The number of hydrogen-bond acceptors (Lipinski definition) is 4. The number of Topliss-reactive ketones (excluding diaryl/α,β-unsaturated/α-hetero) is 1. The van der Waals surface area contributed by atoms with Crippen LogP contribution in [-0.2, 0) is 16.6 Å². The predicted molar refractivity (Wildman–Crippen MR) is 80.3 cm³/mol. The first-order chi connectivity index (χ1) is 10.1. The van der Waals surface area contributed by atoms with E-state index >= 15 is 0 Å². The molecule has 1 saturated carbocycles. The van der Waals surface area contributed by atoms with Gasteiger partial charge in [0.1, 0.15) is 0 Å². The van der Waals surface area contributed by atoms with Gasteiger partial charge in [-0.3, -0.25) is 4.79 Å². The van der Waals surface area contributed by atoms with Crippen LogP contribution in [0.3, 0.4) is 0 Å². The molecule has 0 radical (unpaired) electrons. The van der Waals surface area contributed by atoms with Crippen LogP contribution in [0, 0.1) is 5.92 Å². The molecule has 1 aromatic rings. The third-order valence-corrected chi connectivity index (χ3v) is 6.39. The van der Waals surface area contributed by atoms with Gasteiger partial charge in [-0.2, -0.15) is 0 Å². The molecular weight excluding hydrogens is 282 g/mol. The van der Waals surface area contributed by atoms with E-state index in [4.69, 9.17) is 4.74 Å². The third-order valence-electron chi connectivity index (χ3n) is 6.39. The van der Waals surface area contributed by atoms with Crippen LogP contribution in [0.25, 0.3) is 0 Å². The summed E-state index contributed by atoms with van der Waals surface area (Å²) in [6.07, 6.45) is 3.18. The Kier molecular flexibility index (Phi) is 2.70. The van der Waals surface area contributed by atoms with E-state index in [9.17, 15) is 9.90 Å². The largest absolute Gasteiger partial charge is 0.504 e. The number of hydrogen-bond donors (Lipinski definition) is 1. The fourth-order valence-corrected chi connectivity index (χ4v) is 5.52. The average molecular weight is 303 g/mol. The number of likely N-dealkylation sites (N-methyl/N-ethyl adjacent to an activating group) is 1.